The molecule has 0 bridgehead atoms. The SMILES string of the molecule is CCc1ccc(OCC(=O)O/N=C(\N)c2cccc([N+](=O)[O-])c2)c(Br)c1. The van der Waals surface area contributed by atoms with Crippen LogP contribution in [0.2, 0.25) is 0 Å². The molecule has 0 spiro atoms. The number of ether oxygens (including phenoxy) is 1. The minimum Gasteiger partial charge on any atom is -0.481 e. The lowest BCUT2D eigenvalue weighted by molar-refractivity contribution is -0.384. The maximum Gasteiger partial charge on any atom is 0.372 e. The molecule has 0 atom stereocenters. The lowest BCUT2D eigenvalue weighted by atomic mass is 10.2. The molecule has 0 aliphatic carbocycles. The summed E-state index contributed by atoms with van der Waals surface area (Å²) < 4.78 is 6.09. The third-order valence-corrected chi connectivity index (χ3v) is 3.97. The molecule has 2 aromatic carbocycles. The van der Waals surface area contributed by atoms with Crippen molar-refractivity contribution in [1.29, 1.82) is 0 Å². The minimum atomic E-state index is -0.759. The number of oxime groups is 1. The van der Waals surface area contributed by atoms with Gasteiger partial charge in [0.15, 0.2) is 12.4 Å². The molecular formula is C17H16BrN3O5. The number of halogens is 1. The van der Waals surface area contributed by atoms with Gasteiger partial charge < -0.3 is 15.3 Å². The van der Waals surface area contributed by atoms with Gasteiger partial charge >= 0.3 is 5.97 Å². The number of aryl methyl sites for hydroxylation is 1. The summed E-state index contributed by atoms with van der Waals surface area (Å²) in [5, 5.41) is 14.2. The summed E-state index contributed by atoms with van der Waals surface area (Å²) in [4.78, 5) is 26.6. The summed E-state index contributed by atoms with van der Waals surface area (Å²) in [6, 6.07) is 11.1. The Morgan fingerprint density at radius 2 is 2.08 bits per heavy atom. The highest BCUT2D eigenvalue weighted by Crippen LogP contribution is 2.26. The molecule has 2 rings (SSSR count). The second kappa shape index (κ2) is 8.95. The number of carbonyl (C=O) groups is 1. The van der Waals surface area contributed by atoms with Crippen LogP contribution in [0.3, 0.4) is 0 Å². The van der Waals surface area contributed by atoms with Gasteiger partial charge in [0.2, 0.25) is 0 Å². The fourth-order valence-electron chi connectivity index (χ4n) is 1.98. The van der Waals surface area contributed by atoms with Gasteiger partial charge in [0.25, 0.3) is 5.69 Å². The van der Waals surface area contributed by atoms with Crippen molar-refractivity contribution >= 4 is 33.4 Å². The second-order valence-electron chi connectivity index (χ2n) is 5.15. The van der Waals surface area contributed by atoms with Gasteiger partial charge in [-0.05, 0) is 40.0 Å². The number of amidine groups is 1. The van der Waals surface area contributed by atoms with E-state index in [1.807, 2.05) is 19.1 Å². The zero-order valence-electron chi connectivity index (χ0n) is 13.8. The molecule has 0 radical (unpaired) electrons. The molecule has 136 valence electrons. The lowest BCUT2D eigenvalue weighted by Crippen LogP contribution is -2.18. The first-order chi connectivity index (χ1) is 12.4. The summed E-state index contributed by atoms with van der Waals surface area (Å²) in [5.74, 6) is -0.421. The van der Waals surface area contributed by atoms with Crippen LogP contribution >= 0.6 is 15.9 Å². The zero-order valence-corrected chi connectivity index (χ0v) is 15.4. The van der Waals surface area contributed by atoms with Crippen molar-refractivity contribution in [2.75, 3.05) is 6.61 Å². The third-order valence-electron chi connectivity index (χ3n) is 3.35. The Morgan fingerprint density at radius 3 is 2.73 bits per heavy atom. The van der Waals surface area contributed by atoms with Crippen LogP contribution in [0.15, 0.2) is 52.1 Å². The molecule has 8 nitrogen and oxygen atoms in total. The van der Waals surface area contributed by atoms with Crippen molar-refractivity contribution in [2.45, 2.75) is 13.3 Å². The summed E-state index contributed by atoms with van der Waals surface area (Å²) in [7, 11) is 0. The quantitative estimate of drug-likeness (QED) is 0.241. The van der Waals surface area contributed by atoms with E-state index in [1.165, 1.54) is 24.3 Å². The average Bonchev–Trinajstić information content (AvgIpc) is 2.65. The molecule has 0 saturated carbocycles. The van der Waals surface area contributed by atoms with Gasteiger partial charge in [-0.1, -0.05) is 30.3 Å². The number of carbonyl (C=O) groups excluding carboxylic acids is 1. The summed E-state index contributed by atoms with van der Waals surface area (Å²) in [5.41, 5.74) is 6.93. The maximum atomic E-state index is 11.7. The lowest BCUT2D eigenvalue weighted by Gasteiger charge is -2.08. The Morgan fingerprint density at radius 1 is 1.31 bits per heavy atom. The molecule has 0 aliphatic rings. The van der Waals surface area contributed by atoms with Crippen molar-refractivity contribution in [2.24, 2.45) is 10.9 Å². The van der Waals surface area contributed by atoms with E-state index in [9.17, 15) is 14.9 Å². The van der Waals surface area contributed by atoms with E-state index in [0.717, 1.165) is 16.5 Å². The van der Waals surface area contributed by atoms with Crippen LogP contribution < -0.4 is 10.5 Å². The van der Waals surface area contributed by atoms with Crippen LogP contribution in [-0.2, 0) is 16.1 Å². The minimum absolute atomic E-state index is 0.143. The van der Waals surface area contributed by atoms with E-state index < -0.39 is 10.9 Å². The predicted molar refractivity (Wildman–Crippen MR) is 98.9 cm³/mol. The fourth-order valence-corrected chi connectivity index (χ4v) is 2.52. The Kier molecular flexibility index (Phi) is 6.67. The van der Waals surface area contributed by atoms with E-state index in [2.05, 4.69) is 25.9 Å². The Balaban J connectivity index is 1.94. The van der Waals surface area contributed by atoms with E-state index >= 15 is 0 Å². The van der Waals surface area contributed by atoms with Gasteiger partial charge in [-0.15, -0.1) is 0 Å². The van der Waals surface area contributed by atoms with Crippen LogP contribution in [0.1, 0.15) is 18.1 Å². The van der Waals surface area contributed by atoms with Gasteiger partial charge in [0, 0.05) is 17.7 Å². The number of nitro benzene ring substituents is 1. The van der Waals surface area contributed by atoms with Crippen molar-refractivity contribution in [3.05, 3.63) is 68.2 Å². The number of rotatable bonds is 7. The van der Waals surface area contributed by atoms with Crippen LogP contribution in [0.4, 0.5) is 5.69 Å². The van der Waals surface area contributed by atoms with Crippen molar-refractivity contribution < 1.29 is 19.3 Å². The number of benzene rings is 2. The Bertz CT molecular complexity index is 854. The normalized spacial score (nSPS) is 11.1. The van der Waals surface area contributed by atoms with Gasteiger partial charge in [0.05, 0.1) is 9.40 Å². The van der Waals surface area contributed by atoms with Crippen LogP contribution in [0.5, 0.6) is 5.75 Å². The number of non-ortho nitro benzene ring substituents is 1. The van der Waals surface area contributed by atoms with E-state index in [0.29, 0.717) is 5.75 Å². The molecule has 2 N–H and O–H groups in total. The van der Waals surface area contributed by atoms with Crippen molar-refractivity contribution in [1.82, 2.24) is 0 Å². The monoisotopic (exact) mass is 421 g/mol. The molecule has 0 heterocycles. The second-order valence-corrected chi connectivity index (χ2v) is 6.01. The number of nitro groups is 1. The van der Waals surface area contributed by atoms with E-state index in [4.69, 9.17) is 10.5 Å². The molecule has 0 fully saturated rings. The number of hydrogen-bond donors (Lipinski definition) is 1. The van der Waals surface area contributed by atoms with Gasteiger partial charge in [-0.3, -0.25) is 10.1 Å². The fraction of sp³-hybridized carbons (Fsp3) is 0.176. The molecule has 9 heteroatoms. The summed E-state index contributed by atoms with van der Waals surface area (Å²) >= 11 is 3.37. The van der Waals surface area contributed by atoms with Gasteiger partial charge in [0.1, 0.15) is 5.75 Å². The maximum absolute atomic E-state index is 11.7. The van der Waals surface area contributed by atoms with E-state index in [-0.39, 0.29) is 23.7 Å². The molecular weight excluding hydrogens is 406 g/mol. The Hall–Kier alpha value is -2.94. The van der Waals surface area contributed by atoms with Gasteiger partial charge in [-0.25, -0.2) is 4.79 Å². The van der Waals surface area contributed by atoms with Gasteiger partial charge in [-0.2, -0.15) is 0 Å². The average molecular weight is 422 g/mol. The van der Waals surface area contributed by atoms with Crippen LogP contribution in [0.25, 0.3) is 0 Å². The van der Waals surface area contributed by atoms with Crippen molar-refractivity contribution in [3.63, 3.8) is 0 Å². The number of nitrogens with two attached hydrogens (primary N) is 1. The molecule has 26 heavy (non-hydrogen) atoms. The molecule has 2 aromatic rings. The predicted octanol–water partition coefficient (Wildman–Crippen LogP) is 3.16. The number of hydrogen-bond acceptors (Lipinski definition) is 6. The topological polar surface area (TPSA) is 117 Å². The highest BCUT2D eigenvalue weighted by atomic mass is 79.9. The zero-order chi connectivity index (χ0) is 19.1. The summed E-state index contributed by atoms with van der Waals surface area (Å²) in [6.07, 6.45) is 0.882. The Labute approximate surface area is 157 Å². The van der Waals surface area contributed by atoms with Crippen LogP contribution in [-0.4, -0.2) is 23.3 Å². The standard InChI is InChI=1S/C17H16BrN3O5/c1-2-11-6-7-15(14(18)8-11)25-10-16(22)26-20-17(19)12-4-3-5-13(9-12)21(23)24/h3-9H,2,10H2,1H3,(H2,19,20). The molecule has 0 aromatic heterocycles. The first kappa shape index (κ1) is 19.4. The molecule has 0 aliphatic heterocycles. The highest BCUT2D eigenvalue weighted by Gasteiger charge is 2.11. The van der Waals surface area contributed by atoms with Crippen molar-refractivity contribution in [3.8, 4) is 5.75 Å². The van der Waals surface area contributed by atoms with E-state index in [1.54, 1.807) is 6.07 Å². The largest absolute Gasteiger partial charge is 0.481 e. The highest BCUT2D eigenvalue weighted by molar-refractivity contribution is 9.10. The molecule has 0 saturated heterocycles. The third kappa shape index (κ3) is 5.28. The number of nitrogens with zero attached hydrogens (tertiary/aromatic N) is 2. The smallest absolute Gasteiger partial charge is 0.372 e. The molecule has 0 unspecified atom stereocenters. The van der Waals surface area contributed by atoms with Crippen LogP contribution in [0, 0.1) is 10.1 Å². The first-order valence-electron chi connectivity index (χ1n) is 7.60. The molecule has 0 amide bonds. The summed E-state index contributed by atoms with van der Waals surface area (Å²) in [6.45, 7) is 1.67. The first-order valence-corrected chi connectivity index (χ1v) is 8.39.